The highest BCUT2D eigenvalue weighted by Crippen LogP contribution is 2.41. The van der Waals surface area contributed by atoms with Crippen LogP contribution in [0.5, 0.6) is 0 Å². The van der Waals surface area contributed by atoms with Crippen molar-refractivity contribution in [2.24, 2.45) is 22.4 Å². The second kappa shape index (κ2) is 17.8. The van der Waals surface area contributed by atoms with Gasteiger partial charge >= 0.3 is 5.97 Å². The zero-order valence-electron chi connectivity index (χ0n) is 29.4. The third-order valence-electron chi connectivity index (χ3n) is 10.5. The van der Waals surface area contributed by atoms with E-state index >= 15 is 0 Å². The van der Waals surface area contributed by atoms with Crippen molar-refractivity contribution in [1.29, 1.82) is 0 Å². The Morgan fingerprint density at radius 1 is 0.981 bits per heavy atom. The van der Waals surface area contributed by atoms with Gasteiger partial charge in [-0.25, -0.2) is 4.79 Å². The number of benzene rings is 1. The first-order chi connectivity index (χ1) is 25.0. The molecule has 0 spiro atoms. The molecule has 1 aliphatic carbocycles. The van der Waals surface area contributed by atoms with Gasteiger partial charge in [0.15, 0.2) is 5.96 Å². The van der Waals surface area contributed by atoms with Crippen molar-refractivity contribution in [3.05, 3.63) is 57.8 Å². The van der Waals surface area contributed by atoms with Crippen molar-refractivity contribution < 1.29 is 34.2 Å². The summed E-state index contributed by atoms with van der Waals surface area (Å²) in [4.78, 5) is 76.5. The monoisotopic (exact) mass is 738 g/mol. The van der Waals surface area contributed by atoms with Crippen LogP contribution in [0.2, 0.25) is 0 Å². The van der Waals surface area contributed by atoms with Gasteiger partial charge in [0, 0.05) is 36.9 Å². The largest absolute Gasteiger partial charge is 0.480 e. The molecule has 15 nitrogen and oxygen atoms in total. The summed E-state index contributed by atoms with van der Waals surface area (Å²) < 4.78 is 0. The fourth-order valence-electron chi connectivity index (χ4n) is 7.80. The lowest BCUT2D eigenvalue weighted by atomic mass is 9.84. The van der Waals surface area contributed by atoms with Crippen molar-refractivity contribution in [3.8, 4) is 0 Å². The fraction of sp³-hybridized carbons (Fsp3) is 0.556. The van der Waals surface area contributed by atoms with Crippen LogP contribution in [0.25, 0.3) is 0 Å². The maximum atomic E-state index is 14.9. The van der Waals surface area contributed by atoms with E-state index in [1.807, 2.05) is 41.8 Å². The Morgan fingerprint density at radius 3 is 2.40 bits per heavy atom. The van der Waals surface area contributed by atoms with Gasteiger partial charge in [0.1, 0.15) is 24.2 Å². The summed E-state index contributed by atoms with van der Waals surface area (Å²) in [5.41, 5.74) is 12.5. The highest BCUT2D eigenvalue weighted by molar-refractivity contribution is 7.09. The summed E-state index contributed by atoms with van der Waals surface area (Å²) in [7, 11) is 1.65. The quantitative estimate of drug-likeness (QED) is 0.0740. The predicted octanol–water partition coefficient (Wildman–Crippen LogP) is 0.0919. The summed E-state index contributed by atoms with van der Waals surface area (Å²) in [5, 5.41) is 30.6. The molecule has 1 aromatic carbocycles. The van der Waals surface area contributed by atoms with E-state index in [0.717, 1.165) is 35.3 Å². The molecular formula is C36H50N8O7S. The first-order valence-electron chi connectivity index (χ1n) is 17.9. The van der Waals surface area contributed by atoms with E-state index < -0.39 is 66.4 Å². The molecule has 52 heavy (non-hydrogen) atoms. The topological polar surface area (TPSA) is 233 Å². The number of nitrogens with zero attached hydrogens (tertiary/aromatic N) is 3. The summed E-state index contributed by atoms with van der Waals surface area (Å²) in [6.45, 7) is -0.414. The minimum Gasteiger partial charge on any atom is -0.480 e. The molecule has 2 fully saturated rings. The van der Waals surface area contributed by atoms with Crippen LogP contribution in [-0.2, 0) is 43.4 Å². The third kappa shape index (κ3) is 9.08. The number of likely N-dealkylation sites (tertiary alicyclic amines) is 1. The zero-order valence-corrected chi connectivity index (χ0v) is 30.2. The number of amides is 4. The molecule has 4 amide bonds. The molecule has 16 heteroatoms. The number of rotatable bonds is 15. The lowest BCUT2D eigenvalue weighted by Crippen LogP contribution is -2.62. The van der Waals surface area contributed by atoms with Crippen molar-refractivity contribution in [3.63, 3.8) is 0 Å². The second-order valence-corrected chi connectivity index (χ2v) is 14.8. The number of hydrogen-bond donors (Lipinski definition) is 7. The molecule has 282 valence electrons. The summed E-state index contributed by atoms with van der Waals surface area (Å²) in [6.07, 6.45) is 4.69. The summed E-state index contributed by atoms with van der Waals surface area (Å²) >= 11 is 1.51. The molecule has 5 rings (SSSR count). The average Bonchev–Trinajstić information content (AvgIpc) is 3.80. The van der Waals surface area contributed by atoms with Crippen LogP contribution in [-0.4, -0.2) is 112 Å². The number of aliphatic hydroxyl groups is 1. The van der Waals surface area contributed by atoms with Gasteiger partial charge in [-0.3, -0.25) is 24.2 Å². The van der Waals surface area contributed by atoms with E-state index in [0.29, 0.717) is 25.7 Å². The fourth-order valence-corrected chi connectivity index (χ4v) is 8.55. The number of aliphatic hydroxyl groups excluding tert-OH is 1. The number of carbonyl (C=O) groups excluding carboxylic acids is 4. The lowest BCUT2D eigenvalue weighted by Gasteiger charge is -2.42. The standard InChI is InChI=1S/C36H50N8O7S/c1-39-26(18-24-11-7-15-52-24)31(46)42-27(20-45)33(48)43-19-23-10-3-2-8-21(23)16-30(43)34(49)44-28-13-5-4-9-22(28)17-29(44)32(47)41-25(35(50)51)12-6-14-40-36(37)38/h2-3,7-8,10-11,15,22,25-30,39,45H,4-6,9,12-14,16-20H2,1H3,(H,41,47)(H,42,46)(H,50,51)(H4,37,38,40)/t22-,25-,26-,27-,28-,29-,30?/m0/s1. The Labute approximate surface area is 307 Å². The van der Waals surface area contributed by atoms with Crippen LogP contribution >= 0.6 is 11.3 Å². The molecule has 0 bridgehead atoms. The van der Waals surface area contributed by atoms with Gasteiger partial charge in [0.25, 0.3) is 0 Å². The van der Waals surface area contributed by atoms with Gasteiger partial charge in [-0.15, -0.1) is 11.3 Å². The highest BCUT2D eigenvalue weighted by atomic mass is 32.1. The van der Waals surface area contributed by atoms with Gasteiger partial charge in [-0.1, -0.05) is 43.2 Å². The van der Waals surface area contributed by atoms with Crippen LogP contribution in [0.15, 0.2) is 46.8 Å². The molecule has 3 aliphatic rings. The number of aliphatic carboxylic acids is 1. The number of thiophene rings is 1. The molecule has 1 saturated carbocycles. The Kier molecular flexibility index (Phi) is 13.2. The summed E-state index contributed by atoms with van der Waals surface area (Å²) in [6, 6.07) is 5.90. The smallest absolute Gasteiger partial charge is 0.326 e. The SMILES string of the molecule is CN[C@@H](Cc1cccs1)C(=O)N[C@@H](CO)C(=O)N1Cc2ccccc2CC1C(=O)N1[C@H](C(=O)N[C@@H](CCCN=C(N)N)C(=O)O)C[C@@H]2CCCC[C@@H]21. The Balaban J connectivity index is 1.39. The average molecular weight is 739 g/mol. The lowest BCUT2D eigenvalue weighted by molar-refractivity contribution is -0.153. The summed E-state index contributed by atoms with van der Waals surface area (Å²) in [5.74, 6) is -3.32. The van der Waals surface area contributed by atoms with E-state index in [1.165, 1.54) is 16.2 Å². The van der Waals surface area contributed by atoms with Gasteiger partial charge in [0.2, 0.25) is 23.6 Å². The molecule has 1 unspecified atom stereocenters. The van der Waals surface area contributed by atoms with E-state index in [1.54, 1.807) is 11.9 Å². The number of nitrogens with one attached hydrogen (secondary N) is 3. The molecule has 3 heterocycles. The Morgan fingerprint density at radius 2 is 1.73 bits per heavy atom. The van der Waals surface area contributed by atoms with Gasteiger partial charge in [-0.2, -0.15) is 0 Å². The minimum absolute atomic E-state index is 0.0462. The number of fused-ring (bicyclic) bond motifs is 2. The molecule has 2 aromatic rings. The normalized spacial score (nSPS) is 22.7. The molecule has 0 radical (unpaired) electrons. The Bertz CT molecular complexity index is 1620. The van der Waals surface area contributed by atoms with Crippen molar-refractivity contribution in [1.82, 2.24) is 25.8 Å². The maximum absolute atomic E-state index is 14.9. The molecule has 1 saturated heterocycles. The zero-order chi connectivity index (χ0) is 37.4. The molecular weight excluding hydrogens is 689 g/mol. The molecule has 9 N–H and O–H groups in total. The highest BCUT2D eigenvalue weighted by Gasteiger charge is 2.51. The van der Waals surface area contributed by atoms with E-state index in [9.17, 15) is 34.2 Å². The van der Waals surface area contributed by atoms with E-state index in [4.69, 9.17) is 11.5 Å². The second-order valence-electron chi connectivity index (χ2n) is 13.8. The van der Waals surface area contributed by atoms with Crippen LogP contribution in [0.4, 0.5) is 0 Å². The third-order valence-corrected chi connectivity index (χ3v) is 11.4. The number of carbonyl (C=O) groups is 5. The number of carboxylic acids is 1. The maximum Gasteiger partial charge on any atom is 0.326 e. The molecule has 7 atom stereocenters. The number of hydrogen-bond acceptors (Lipinski definition) is 9. The number of guanidine groups is 1. The Hall–Kier alpha value is -4.54. The van der Waals surface area contributed by atoms with E-state index in [2.05, 4.69) is 20.9 Å². The van der Waals surface area contributed by atoms with E-state index in [-0.39, 0.29) is 43.9 Å². The number of nitrogens with two attached hydrogens (primary N) is 2. The van der Waals surface area contributed by atoms with Crippen LogP contribution in [0, 0.1) is 5.92 Å². The minimum atomic E-state index is -1.32. The number of likely N-dealkylation sites (N-methyl/N-ethyl adjacent to an activating group) is 1. The molecule has 2 aliphatic heterocycles. The van der Waals surface area contributed by atoms with Gasteiger partial charge in [0.05, 0.1) is 12.6 Å². The first-order valence-corrected chi connectivity index (χ1v) is 18.8. The van der Waals surface area contributed by atoms with Gasteiger partial charge in [-0.05, 0) is 67.6 Å². The predicted molar refractivity (Wildman–Crippen MR) is 195 cm³/mol. The van der Waals surface area contributed by atoms with Crippen LogP contribution in [0.1, 0.15) is 60.9 Å². The van der Waals surface area contributed by atoms with Crippen LogP contribution in [0.3, 0.4) is 0 Å². The van der Waals surface area contributed by atoms with Crippen molar-refractivity contribution in [2.45, 2.75) is 101 Å². The van der Waals surface area contributed by atoms with Gasteiger partial charge < -0.3 is 47.4 Å². The first kappa shape index (κ1) is 38.7. The van der Waals surface area contributed by atoms with Crippen molar-refractivity contribution in [2.75, 3.05) is 20.2 Å². The molecule has 1 aromatic heterocycles. The number of aliphatic imine (C=N–C) groups is 1. The number of carboxylic acid groups (broad SMARTS) is 1. The van der Waals surface area contributed by atoms with Crippen molar-refractivity contribution >= 4 is 46.9 Å². The van der Waals surface area contributed by atoms with Crippen LogP contribution < -0.4 is 27.4 Å².